The van der Waals surface area contributed by atoms with Crippen molar-refractivity contribution in [1.82, 2.24) is 14.1 Å². The average molecular weight is 945 g/mol. The van der Waals surface area contributed by atoms with Gasteiger partial charge in [-0.15, -0.1) is 0 Å². The number of ether oxygens (including phenoxy) is 1. The van der Waals surface area contributed by atoms with Gasteiger partial charge in [-0.3, -0.25) is 13.7 Å². The van der Waals surface area contributed by atoms with Crippen molar-refractivity contribution in [1.29, 1.82) is 0 Å². The molecule has 0 N–H and O–H groups in total. The molecule has 0 spiro atoms. The number of nitrogens with zero attached hydrogens (tertiary/aromatic N) is 4. The highest BCUT2D eigenvalue weighted by Gasteiger charge is 2.39. The largest absolute Gasteiger partial charge is 0.458 e. The van der Waals surface area contributed by atoms with Crippen LogP contribution < -0.4 is 9.30 Å². The lowest BCUT2D eigenvalue weighted by molar-refractivity contribution is -0.598. The summed E-state index contributed by atoms with van der Waals surface area (Å²) in [6.45, 7) is -30.0. The highest BCUT2D eigenvalue weighted by molar-refractivity contribution is 6.09. The van der Waals surface area contributed by atoms with Crippen LogP contribution in [0.3, 0.4) is 0 Å². The van der Waals surface area contributed by atoms with E-state index < -0.39 is 188 Å². The second-order valence-corrected chi connectivity index (χ2v) is 18.1. The fourth-order valence-electron chi connectivity index (χ4n) is 8.72. The summed E-state index contributed by atoms with van der Waals surface area (Å²) in [5.74, 6) is 1.03. The quantitative estimate of drug-likeness (QED) is 0.118. The molecule has 3 heterocycles. The van der Waals surface area contributed by atoms with Crippen molar-refractivity contribution < 1.29 is 61.4 Å². The Balaban J connectivity index is 1.27. The lowest BCUT2D eigenvalue weighted by Gasteiger charge is -2.42. The van der Waals surface area contributed by atoms with E-state index in [1.807, 2.05) is 47.0 Å². The van der Waals surface area contributed by atoms with Crippen LogP contribution in [0.25, 0.3) is 61.3 Å². The molecule has 5 nitrogen and oxygen atoms in total. The molecule has 348 valence electrons. The summed E-state index contributed by atoms with van der Waals surface area (Å²) < 4.78 is 359. The molecule has 9 aromatic rings. The number of fused-ring (bicyclic) bond motifs is 5. The molecule has 0 unspecified atom stereocenters. The van der Waals surface area contributed by atoms with Crippen molar-refractivity contribution in [3.8, 4) is 50.9 Å². The van der Waals surface area contributed by atoms with Crippen molar-refractivity contribution in [3.63, 3.8) is 0 Å². The standard InChI is InChI=1S/C64H66N4O/c1-60(2,3)44-28-33-65-58(38-44)68-56-21-13-12-18-50(56)51-25-24-47(40-57(51)68)69-46-17-14-16-45(39-46)66-34-35-67(41-66)59-48(42-22-26-52-54(36-42)63(8,9)31-29-61(52,4)5)19-15-20-49(59)43-23-27-53-55(37-43)64(10,11)32-30-62(53,6)7/h12-28,33-40H,29-32H2,1-11H3/i4D3,5D3,6D3,7D3,8D3,9D3,10D3,11D3,22D,23D,26D,27D,29D2,30D2,31D2,32D2,36D,37D. The fourth-order valence-corrected chi connectivity index (χ4v) is 8.72. The number of aromatic nitrogens is 4. The first-order chi connectivity index (χ1) is 48.4. The predicted octanol–water partition coefficient (Wildman–Crippen LogP) is 16.2. The lowest BCUT2D eigenvalue weighted by Crippen LogP contribution is -2.34. The summed E-state index contributed by atoms with van der Waals surface area (Å²) in [4.78, 5) is 4.74. The second-order valence-electron chi connectivity index (χ2n) is 18.1. The van der Waals surface area contributed by atoms with E-state index in [-0.39, 0.29) is 16.9 Å². The molecular formula is C64H66N4O. The van der Waals surface area contributed by atoms with E-state index in [1.54, 1.807) is 24.4 Å². The van der Waals surface area contributed by atoms with Crippen molar-refractivity contribution in [2.45, 2.75) is 128 Å². The number of imidazole rings is 1. The number of hydrogen-bond acceptors (Lipinski definition) is 2. The van der Waals surface area contributed by atoms with Gasteiger partial charge in [0.2, 0.25) is 0 Å². The van der Waals surface area contributed by atoms with Crippen LogP contribution in [-0.4, -0.2) is 14.1 Å². The molecule has 0 atom stereocenters. The first-order valence-corrected chi connectivity index (χ1v) is 21.6. The van der Waals surface area contributed by atoms with E-state index in [9.17, 15) is 19.2 Å². The molecule has 0 aliphatic heterocycles. The Hall–Kier alpha value is -6.72. The first-order valence-electron chi connectivity index (χ1n) is 40.6. The Labute approximate surface area is 462 Å². The summed E-state index contributed by atoms with van der Waals surface area (Å²) in [5.41, 5.74) is -29.1. The first kappa shape index (κ1) is 19.2. The zero-order valence-corrected chi connectivity index (χ0v) is 37.2. The number of rotatable bonds is 7. The zero-order valence-electron chi connectivity index (χ0n) is 75.2. The molecule has 69 heavy (non-hydrogen) atoms. The Morgan fingerprint density at radius 2 is 1.23 bits per heavy atom. The Morgan fingerprint density at radius 1 is 0.638 bits per heavy atom. The molecular weight excluding hydrogens is 841 g/mol. The third-order valence-corrected chi connectivity index (χ3v) is 12.2. The predicted molar refractivity (Wildman–Crippen MR) is 285 cm³/mol. The Bertz CT molecular complexity index is 4880. The second kappa shape index (κ2) is 15.9. The van der Waals surface area contributed by atoms with Gasteiger partial charge in [-0.2, -0.15) is 0 Å². The van der Waals surface area contributed by atoms with E-state index in [0.29, 0.717) is 17.1 Å². The molecule has 2 aliphatic rings. The maximum atomic E-state index is 10.2. The molecule has 0 radical (unpaired) electrons. The molecule has 0 saturated carbocycles. The van der Waals surface area contributed by atoms with Gasteiger partial charge in [-0.25, -0.2) is 4.98 Å². The third kappa shape index (κ3) is 7.79. The number of benzene rings is 6. The van der Waals surface area contributed by atoms with Crippen LogP contribution in [0, 0.1) is 6.33 Å². The summed E-state index contributed by atoms with van der Waals surface area (Å²) in [7, 11) is 0. The van der Waals surface area contributed by atoms with Gasteiger partial charge < -0.3 is 4.74 Å². The van der Waals surface area contributed by atoms with Crippen LogP contribution >= 0.6 is 0 Å². The van der Waals surface area contributed by atoms with Crippen LogP contribution in [0.15, 0.2) is 152 Å². The number of para-hydroxylation sites is 2. The van der Waals surface area contributed by atoms with E-state index in [2.05, 4.69) is 27.1 Å². The summed E-state index contributed by atoms with van der Waals surface area (Å²) in [6, 6.07) is 15.2. The van der Waals surface area contributed by atoms with E-state index in [0.717, 1.165) is 50.8 Å². The molecule has 3 aromatic heterocycles. The van der Waals surface area contributed by atoms with Crippen LogP contribution in [0.4, 0.5) is 0 Å². The summed E-state index contributed by atoms with van der Waals surface area (Å²) >= 11 is 0. The Kier molecular flexibility index (Phi) is 4.44. The smallest absolute Gasteiger partial charge is 0.268 e. The molecule has 0 fully saturated rings. The van der Waals surface area contributed by atoms with E-state index >= 15 is 0 Å². The van der Waals surface area contributed by atoms with Gasteiger partial charge in [0.15, 0.2) is 0 Å². The minimum atomic E-state index is -4.83. The molecule has 5 heteroatoms. The van der Waals surface area contributed by atoms with Gasteiger partial charge in [-0.1, -0.05) is 154 Å². The lowest BCUT2D eigenvalue weighted by atomic mass is 9.62. The maximum absolute atomic E-state index is 10.2. The van der Waals surface area contributed by atoms with Crippen molar-refractivity contribution in [3.05, 3.63) is 186 Å². The monoisotopic (exact) mass is 945 g/mol. The topological polar surface area (TPSA) is 35.9 Å². The highest BCUT2D eigenvalue weighted by atomic mass is 16.5. The molecule has 0 saturated heterocycles. The molecule has 2 aliphatic carbocycles. The SMILES string of the molecule is [2H]c1c([2H])c2c(c([2H])c1-c1cccc(-c3c([2H])c([2H])c4c(c3[2H])C(C([2H])([2H])[2H])(C([2H])([2H])[2H])C([2H])([2H])C([2H])([2H])C4(C([2H])([2H])[2H])C([2H])([2H])[2H])c1-[n+]1[c-]n(-c3cccc(Oc4ccc5c6ccccc6n(-c6cc(C(C)(C)C)ccn6)c5c4)c3)cc1)C(C([2H])([2H])[2H])(C([2H])([2H])[2H])C([2H])([2H])C([2H])([2H])C2(C([2H])([2H])[2H])C([2H])([2H])[2H]. The summed E-state index contributed by atoms with van der Waals surface area (Å²) in [6.07, 6.45) is -12.3. The third-order valence-electron chi connectivity index (χ3n) is 12.2. The number of hydrogen-bond donors (Lipinski definition) is 0. The molecule has 0 bridgehead atoms. The van der Waals surface area contributed by atoms with Gasteiger partial charge in [0.1, 0.15) is 17.3 Å². The van der Waals surface area contributed by atoms with Crippen molar-refractivity contribution >= 4 is 21.8 Å². The van der Waals surface area contributed by atoms with Gasteiger partial charge in [-0.05, 0) is 151 Å². The van der Waals surface area contributed by atoms with Crippen LogP contribution in [0.2, 0.25) is 0 Å². The van der Waals surface area contributed by atoms with Gasteiger partial charge in [0, 0.05) is 79.3 Å². The molecule has 0 amide bonds. The number of pyridine rings is 1. The average Bonchev–Trinajstić information content (AvgIpc) is 1.04. The Morgan fingerprint density at radius 3 is 1.87 bits per heavy atom. The minimum Gasteiger partial charge on any atom is -0.458 e. The van der Waals surface area contributed by atoms with Gasteiger partial charge in [0.25, 0.3) is 6.33 Å². The molecule has 6 aromatic carbocycles. The van der Waals surface area contributed by atoms with E-state index in [4.69, 9.17) is 42.6 Å². The van der Waals surface area contributed by atoms with Gasteiger partial charge in [0.05, 0.1) is 30.6 Å². The fraction of sp³-hybridized carbons (Fsp3) is 0.312. The van der Waals surface area contributed by atoms with Crippen LogP contribution in [-0.2, 0) is 27.1 Å². The van der Waals surface area contributed by atoms with E-state index in [1.165, 1.54) is 29.0 Å². The maximum Gasteiger partial charge on any atom is 0.268 e. The van der Waals surface area contributed by atoms with Crippen molar-refractivity contribution in [2.24, 2.45) is 0 Å². The van der Waals surface area contributed by atoms with Crippen LogP contribution in [0.1, 0.15) is 181 Å². The summed E-state index contributed by atoms with van der Waals surface area (Å²) in [5, 5.41) is 1.72. The molecule has 11 rings (SSSR count). The van der Waals surface area contributed by atoms with Gasteiger partial charge >= 0.3 is 0 Å². The highest BCUT2D eigenvalue weighted by Crippen LogP contribution is 2.49. The normalized spacial score (nSPS) is 29.3. The zero-order chi connectivity index (χ0) is 80.6. The minimum absolute atomic E-state index is 0.123. The van der Waals surface area contributed by atoms with Crippen LogP contribution in [0.5, 0.6) is 11.5 Å². The van der Waals surface area contributed by atoms with Crippen molar-refractivity contribution in [2.75, 3.05) is 0 Å².